The van der Waals surface area contributed by atoms with Crippen LogP contribution < -0.4 is 15.4 Å². The Kier molecular flexibility index (Phi) is 7.29. The van der Waals surface area contributed by atoms with Crippen molar-refractivity contribution in [1.82, 2.24) is 10.6 Å². The average molecular weight is 361 g/mol. The molecule has 0 saturated carbocycles. The van der Waals surface area contributed by atoms with E-state index in [-0.39, 0.29) is 18.3 Å². The Morgan fingerprint density at radius 2 is 1.84 bits per heavy atom. The zero-order valence-electron chi connectivity index (χ0n) is 14.4. The third-order valence-corrected chi connectivity index (χ3v) is 4.31. The number of rotatable bonds is 7. The van der Waals surface area contributed by atoms with Gasteiger partial charge in [0.25, 0.3) is 5.91 Å². The number of nitrogens with one attached hydrogen (secondary N) is 2. The fourth-order valence-corrected chi connectivity index (χ4v) is 2.71. The van der Waals surface area contributed by atoms with E-state index in [1.807, 2.05) is 42.5 Å². The Hall–Kier alpha value is -2.04. The van der Waals surface area contributed by atoms with E-state index in [9.17, 15) is 4.79 Å². The molecule has 2 aromatic carbocycles. The Bertz CT molecular complexity index is 674. The maximum atomic E-state index is 12.2. The molecule has 1 aliphatic rings. The van der Waals surface area contributed by atoms with Crippen LogP contribution in [0.2, 0.25) is 0 Å². The van der Waals surface area contributed by atoms with Gasteiger partial charge in [-0.05, 0) is 24.1 Å². The summed E-state index contributed by atoms with van der Waals surface area (Å²) >= 11 is 0. The molecule has 134 valence electrons. The minimum absolute atomic E-state index is 0. The Morgan fingerprint density at radius 1 is 1.16 bits per heavy atom. The summed E-state index contributed by atoms with van der Waals surface area (Å²) in [5.41, 5.74) is 2.31. The zero-order valence-corrected chi connectivity index (χ0v) is 15.2. The van der Waals surface area contributed by atoms with E-state index in [0.29, 0.717) is 12.5 Å². The molecule has 1 heterocycles. The number of hydrogen-bond acceptors (Lipinski definition) is 3. The number of benzene rings is 2. The van der Waals surface area contributed by atoms with Gasteiger partial charge in [-0.2, -0.15) is 0 Å². The van der Waals surface area contributed by atoms with E-state index < -0.39 is 6.10 Å². The van der Waals surface area contributed by atoms with Gasteiger partial charge < -0.3 is 15.4 Å². The van der Waals surface area contributed by atoms with Gasteiger partial charge in [-0.25, -0.2) is 0 Å². The summed E-state index contributed by atoms with van der Waals surface area (Å²) in [6.07, 6.45) is 0.286. The van der Waals surface area contributed by atoms with Gasteiger partial charge >= 0.3 is 0 Å². The maximum Gasteiger partial charge on any atom is 0.260 e. The summed E-state index contributed by atoms with van der Waals surface area (Å²) in [5.74, 6) is 1.26. The van der Waals surface area contributed by atoms with Gasteiger partial charge in [0.1, 0.15) is 5.75 Å². The van der Waals surface area contributed by atoms with Crippen LogP contribution in [-0.4, -0.2) is 31.6 Å². The number of amides is 1. The number of halogens is 1. The fraction of sp³-hybridized carbons (Fsp3) is 0.350. The maximum absolute atomic E-state index is 12.2. The van der Waals surface area contributed by atoms with Crippen LogP contribution in [0.5, 0.6) is 5.75 Å². The molecule has 1 fully saturated rings. The van der Waals surface area contributed by atoms with Crippen molar-refractivity contribution in [3.05, 3.63) is 65.7 Å². The number of carbonyl (C=O) groups excluding carboxylic acids is 1. The van der Waals surface area contributed by atoms with Gasteiger partial charge in [-0.1, -0.05) is 48.5 Å². The van der Waals surface area contributed by atoms with Crippen molar-refractivity contribution in [1.29, 1.82) is 0 Å². The highest BCUT2D eigenvalue weighted by atomic mass is 35.5. The van der Waals surface area contributed by atoms with Crippen molar-refractivity contribution in [2.45, 2.75) is 19.4 Å². The standard InChI is InChI=1S/C20H24N2O2.ClH/c1-15(20(23)22-14-17-12-21-13-17)24-19-10-6-5-9-18(19)11-16-7-3-2-4-8-16;/h2-10,15,17,21H,11-14H2,1H3,(H,22,23);1H. The first-order chi connectivity index (χ1) is 11.7. The first kappa shape index (κ1) is 19.3. The van der Waals surface area contributed by atoms with E-state index >= 15 is 0 Å². The molecule has 0 spiro atoms. The van der Waals surface area contributed by atoms with Crippen molar-refractivity contribution in [2.75, 3.05) is 19.6 Å². The summed E-state index contributed by atoms with van der Waals surface area (Å²) in [6, 6.07) is 18.2. The van der Waals surface area contributed by atoms with E-state index in [4.69, 9.17) is 4.74 Å². The Morgan fingerprint density at radius 3 is 2.52 bits per heavy atom. The normalized spacial score (nSPS) is 14.8. The average Bonchev–Trinajstić information content (AvgIpc) is 2.56. The molecule has 1 saturated heterocycles. The molecule has 2 N–H and O–H groups in total. The van der Waals surface area contributed by atoms with Gasteiger partial charge in [0.05, 0.1) is 0 Å². The van der Waals surface area contributed by atoms with E-state index in [0.717, 1.165) is 30.8 Å². The molecule has 3 rings (SSSR count). The van der Waals surface area contributed by atoms with Gasteiger partial charge in [-0.15, -0.1) is 12.4 Å². The Balaban J connectivity index is 0.00000225. The monoisotopic (exact) mass is 360 g/mol. The van der Waals surface area contributed by atoms with Crippen molar-refractivity contribution in [3.63, 3.8) is 0 Å². The lowest BCUT2D eigenvalue weighted by Gasteiger charge is -2.27. The van der Waals surface area contributed by atoms with E-state index in [2.05, 4.69) is 22.8 Å². The second-order valence-electron chi connectivity index (χ2n) is 6.30. The lowest BCUT2D eigenvalue weighted by atomic mass is 10.0. The molecule has 1 atom stereocenters. The summed E-state index contributed by atoms with van der Waals surface area (Å²) in [7, 11) is 0. The van der Waals surface area contributed by atoms with Crippen LogP contribution in [0.4, 0.5) is 0 Å². The predicted molar refractivity (Wildman–Crippen MR) is 102 cm³/mol. The Labute approximate surface area is 155 Å². The molecule has 0 aromatic heterocycles. The first-order valence-electron chi connectivity index (χ1n) is 8.49. The van der Waals surface area contributed by atoms with E-state index in [1.165, 1.54) is 5.56 Å². The molecule has 1 aliphatic heterocycles. The van der Waals surface area contributed by atoms with Crippen molar-refractivity contribution >= 4 is 18.3 Å². The van der Waals surface area contributed by atoms with Crippen LogP contribution >= 0.6 is 12.4 Å². The van der Waals surface area contributed by atoms with E-state index in [1.54, 1.807) is 6.92 Å². The first-order valence-corrected chi connectivity index (χ1v) is 8.49. The lowest BCUT2D eigenvalue weighted by molar-refractivity contribution is -0.127. The second kappa shape index (κ2) is 9.44. The van der Waals surface area contributed by atoms with Crippen molar-refractivity contribution in [2.24, 2.45) is 5.92 Å². The molecule has 0 radical (unpaired) electrons. The SMILES string of the molecule is CC(Oc1ccccc1Cc1ccccc1)C(=O)NCC1CNC1.Cl. The summed E-state index contributed by atoms with van der Waals surface area (Å²) in [5, 5.41) is 6.17. The minimum Gasteiger partial charge on any atom is -0.481 e. The van der Waals surface area contributed by atoms with Gasteiger partial charge in [0.15, 0.2) is 6.10 Å². The smallest absolute Gasteiger partial charge is 0.260 e. The third-order valence-electron chi connectivity index (χ3n) is 4.31. The van der Waals surface area contributed by atoms with Gasteiger partial charge in [0, 0.05) is 32.0 Å². The van der Waals surface area contributed by atoms with Crippen LogP contribution in [0.3, 0.4) is 0 Å². The molecule has 5 heteroatoms. The highest BCUT2D eigenvalue weighted by Crippen LogP contribution is 2.22. The number of para-hydroxylation sites is 1. The van der Waals surface area contributed by atoms with Crippen molar-refractivity contribution in [3.8, 4) is 5.75 Å². The topological polar surface area (TPSA) is 50.4 Å². The number of hydrogen-bond donors (Lipinski definition) is 2. The second-order valence-corrected chi connectivity index (χ2v) is 6.30. The summed E-state index contributed by atoms with van der Waals surface area (Å²) in [4.78, 5) is 12.2. The van der Waals surface area contributed by atoms with Crippen molar-refractivity contribution < 1.29 is 9.53 Å². The van der Waals surface area contributed by atoms with Crippen LogP contribution in [0, 0.1) is 5.92 Å². The predicted octanol–water partition coefficient (Wildman–Crippen LogP) is 2.80. The molecule has 2 aromatic rings. The van der Waals surface area contributed by atoms with Gasteiger partial charge in [-0.3, -0.25) is 4.79 Å². The van der Waals surface area contributed by atoms with Crippen LogP contribution in [0.25, 0.3) is 0 Å². The summed E-state index contributed by atoms with van der Waals surface area (Å²) < 4.78 is 5.94. The largest absolute Gasteiger partial charge is 0.481 e. The highest BCUT2D eigenvalue weighted by Gasteiger charge is 2.20. The van der Waals surface area contributed by atoms with Crippen LogP contribution in [0.1, 0.15) is 18.1 Å². The fourth-order valence-electron chi connectivity index (χ4n) is 2.71. The number of ether oxygens (including phenoxy) is 1. The minimum atomic E-state index is -0.505. The highest BCUT2D eigenvalue weighted by molar-refractivity contribution is 5.85. The zero-order chi connectivity index (χ0) is 16.8. The molecular formula is C20H25ClN2O2. The molecule has 0 aliphatic carbocycles. The van der Waals surface area contributed by atoms with Crippen LogP contribution in [-0.2, 0) is 11.2 Å². The molecular weight excluding hydrogens is 336 g/mol. The summed E-state index contributed by atoms with van der Waals surface area (Å²) in [6.45, 7) is 4.48. The molecule has 1 amide bonds. The lowest BCUT2D eigenvalue weighted by Crippen LogP contribution is -2.49. The molecule has 1 unspecified atom stereocenters. The van der Waals surface area contributed by atoms with Crippen LogP contribution in [0.15, 0.2) is 54.6 Å². The third kappa shape index (κ3) is 5.48. The molecule has 25 heavy (non-hydrogen) atoms. The number of carbonyl (C=O) groups is 1. The molecule has 0 bridgehead atoms. The quantitative estimate of drug-likeness (QED) is 0.798. The molecule has 4 nitrogen and oxygen atoms in total. The van der Waals surface area contributed by atoms with Gasteiger partial charge in [0.2, 0.25) is 0 Å².